The standard InChI is InChI=1S/C12H16ClN3O2/c13-10-5-8(14)1-2-11(10)15-12(18)7-16-4-3-9(17)6-16/h1-2,5,9,17H,3-4,6-7,14H2,(H,15,18). The first-order valence-corrected chi connectivity index (χ1v) is 6.17. The molecule has 1 aromatic carbocycles. The third kappa shape index (κ3) is 3.35. The molecule has 98 valence electrons. The van der Waals surface area contributed by atoms with Crippen LogP contribution in [0.25, 0.3) is 0 Å². The molecule has 6 heteroatoms. The number of halogens is 1. The monoisotopic (exact) mass is 269 g/mol. The highest BCUT2D eigenvalue weighted by atomic mass is 35.5. The van der Waals surface area contributed by atoms with Crippen molar-refractivity contribution in [3.8, 4) is 0 Å². The maximum absolute atomic E-state index is 11.8. The minimum atomic E-state index is -0.321. The molecular formula is C12H16ClN3O2. The summed E-state index contributed by atoms with van der Waals surface area (Å²) in [7, 11) is 0. The van der Waals surface area contributed by atoms with Gasteiger partial charge in [-0.05, 0) is 24.6 Å². The molecule has 1 fully saturated rings. The van der Waals surface area contributed by atoms with E-state index in [0.717, 1.165) is 13.0 Å². The Bertz CT molecular complexity index is 453. The van der Waals surface area contributed by atoms with E-state index in [1.54, 1.807) is 18.2 Å². The quantitative estimate of drug-likeness (QED) is 0.713. The summed E-state index contributed by atoms with van der Waals surface area (Å²) in [5, 5.41) is 12.5. The summed E-state index contributed by atoms with van der Waals surface area (Å²) in [6.07, 6.45) is 0.397. The van der Waals surface area contributed by atoms with Crippen LogP contribution in [0.2, 0.25) is 5.02 Å². The second kappa shape index (κ2) is 5.56. The van der Waals surface area contributed by atoms with Crippen molar-refractivity contribution in [2.45, 2.75) is 12.5 Å². The van der Waals surface area contributed by atoms with Gasteiger partial charge in [-0.3, -0.25) is 9.69 Å². The van der Waals surface area contributed by atoms with Gasteiger partial charge in [0.25, 0.3) is 0 Å². The highest BCUT2D eigenvalue weighted by Gasteiger charge is 2.22. The number of aliphatic hydroxyl groups is 1. The molecule has 18 heavy (non-hydrogen) atoms. The van der Waals surface area contributed by atoms with E-state index < -0.39 is 0 Å². The van der Waals surface area contributed by atoms with Crippen molar-refractivity contribution in [2.24, 2.45) is 0 Å². The fraction of sp³-hybridized carbons (Fsp3) is 0.417. The summed E-state index contributed by atoms with van der Waals surface area (Å²) in [6.45, 7) is 1.55. The van der Waals surface area contributed by atoms with E-state index in [9.17, 15) is 9.90 Å². The zero-order valence-electron chi connectivity index (χ0n) is 9.90. The Balaban J connectivity index is 1.91. The Morgan fingerprint density at radius 1 is 1.61 bits per heavy atom. The summed E-state index contributed by atoms with van der Waals surface area (Å²) in [6, 6.07) is 4.95. The summed E-state index contributed by atoms with van der Waals surface area (Å²) in [5.74, 6) is -0.143. The fourth-order valence-corrected chi connectivity index (χ4v) is 2.22. The van der Waals surface area contributed by atoms with E-state index >= 15 is 0 Å². The summed E-state index contributed by atoms with van der Waals surface area (Å²) < 4.78 is 0. The van der Waals surface area contributed by atoms with Crippen LogP contribution in [0.3, 0.4) is 0 Å². The Morgan fingerprint density at radius 2 is 2.39 bits per heavy atom. The van der Waals surface area contributed by atoms with Crippen LogP contribution in [0.15, 0.2) is 18.2 Å². The Kier molecular flexibility index (Phi) is 4.06. The third-order valence-corrected chi connectivity index (χ3v) is 3.19. The van der Waals surface area contributed by atoms with Crippen LogP contribution in [-0.4, -0.2) is 41.7 Å². The molecule has 1 aliphatic rings. The SMILES string of the molecule is Nc1ccc(NC(=O)CN2CCC(O)C2)c(Cl)c1. The molecule has 1 unspecified atom stereocenters. The summed E-state index contributed by atoms with van der Waals surface area (Å²) >= 11 is 5.97. The summed E-state index contributed by atoms with van der Waals surface area (Å²) in [5.41, 5.74) is 6.68. The van der Waals surface area contributed by atoms with E-state index in [4.69, 9.17) is 17.3 Å². The molecule has 1 saturated heterocycles. The molecule has 1 heterocycles. The van der Waals surface area contributed by atoms with Crippen LogP contribution in [-0.2, 0) is 4.79 Å². The predicted molar refractivity (Wildman–Crippen MR) is 71.6 cm³/mol. The number of amides is 1. The number of hydrogen-bond donors (Lipinski definition) is 3. The van der Waals surface area contributed by atoms with Gasteiger partial charge in [-0.1, -0.05) is 11.6 Å². The van der Waals surface area contributed by atoms with Crippen molar-refractivity contribution < 1.29 is 9.90 Å². The number of carbonyl (C=O) groups is 1. The zero-order chi connectivity index (χ0) is 13.1. The predicted octanol–water partition coefficient (Wildman–Crippen LogP) is 0.927. The normalized spacial score (nSPS) is 20.0. The Morgan fingerprint density at radius 3 is 3.00 bits per heavy atom. The third-order valence-electron chi connectivity index (χ3n) is 2.88. The first kappa shape index (κ1) is 13.1. The van der Waals surface area contributed by atoms with Crippen LogP contribution >= 0.6 is 11.6 Å². The molecule has 0 saturated carbocycles. The molecule has 0 bridgehead atoms. The molecule has 0 radical (unpaired) electrons. The van der Waals surface area contributed by atoms with E-state index in [1.807, 2.05) is 4.90 Å². The van der Waals surface area contributed by atoms with Crippen molar-refractivity contribution in [2.75, 3.05) is 30.7 Å². The topological polar surface area (TPSA) is 78.6 Å². The van der Waals surface area contributed by atoms with Gasteiger partial charge in [0, 0.05) is 18.8 Å². The van der Waals surface area contributed by atoms with E-state index in [1.165, 1.54) is 0 Å². The number of anilines is 2. The molecule has 1 aliphatic heterocycles. The van der Waals surface area contributed by atoms with Crippen molar-refractivity contribution >= 4 is 28.9 Å². The largest absolute Gasteiger partial charge is 0.399 e. The number of likely N-dealkylation sites (tertiary alicyclic amines) is 1. The van der Waals surface area contributed by atoms with E-state index in [0.29, 0.717) is 22.9 Å². The molecule has 0 aliphatic carbocycles. The van der Waals surface area contributed by atoms with E-state index in [2.05, 4.69) is 5.32 Å². The lowest BCUT2D eigenvalue weighted by atomic mass is 10.3. The lowest BCUT2D eigenvalue weighted by Gasteiger charge is -2.15. The number of nitrogens with two attached hydrogens (primary N) is 1. The van der Waals surface area contributed by atoms with Gasteiger partial charge >= 0.3 is 0 Å². The van der Waals surface area contributed by atoms with Gasteiger partial charge < -0.3 is 16.2 Å². The van der Waals surface area contributed by atoms with Crippen LogP contribution in [0, 0.1) is 0 Å². The first-order valence-electron chi connectivity index (χ1n) is 5.80. The number of nitrogens with zero attached hydrogens (tertiary/aromatic N) is 1. The second-order valence-corrected chi connectivity index (χ2v) is 4.87. The molecule has 5 nitrogen and oxygen atoms in total. The smallest absolute Gasteiger partial charge is 0.238 e. The average molecular weight is 270 g/mol. The molecule has 1 atom stereocenters. The zero-order valence-corrected chi connectivity index (χ0v) is 10.7. The number of nitrogens with one attached hydrogen (secondary N) is 1. The molecular weight excluding hydrogens is 254 g/mol. The van der Waals surface area contributed by atoms with Crippen LogP contribution in [0.5, 0.6) is 0 Å². The number of carbonyl (C=O) groups excluding carboxylic acids is 1. The second-order valence-electron chi connectivity index (χ2n) is 4.47. The molecule has 4 N–H and O–H groups in total. The van der Waals surface area contributed by atoms with Crippen molar-refractivity contribution in [3.05, 3.63) is 23.2 Å². The number of aliphatic hydroxyl groups excluding tert-OH is 1. The van der Waals surface area contributed by atoms with Crippen molar-refractivity contribution in [3.63, 3.8) is 0 Å². The van der Waals surface area contributed by atoms with Crippen LogP contribution < -0.4 is 11.1 Å². The van der Waals surface area contributed by atoms with Crippen LogP contribution in [0.4, 0.5) is 11.4 Å². The van der Waals surface area contributed by atoms with E-state index in [-0.39, 0.29) is 18.6 Å². The minimum absolute atomic E-state index is 0.143. The van der Waals surface area contributed by atoms with Gasteiger partial charge in [-0.25, -0.2) is 0 Å². The fourth-order valence-electron chi connectivity index (χ4n) is 1.98. The van der Waals surface area contributed by atoms with Gasteiger partial charge in [0.15, 0.2) is 0 Å². The highest BCUT2D eigenvalue weighted by Crippen LogP contribution is 2.24. The van der Waals surface area contributed by atoms with Gasteiger partial charge in [-0.2, -0.15) is 0 Å². The average Bonchev–Trinajstić information content (AvgIpc) is 2.68. The van der Waals surface area contributed by atoms with Crippen molar-refractivity contribution in [1.29, 1.82) is 0 Å². The number of nitrogen functional groups attached to an aromatic ring is 1. The Hall–Kier alpha value is -1.30. The lowest BCUT2D eigenvalue weighted by molar-refractivity contribution is -0.117. The molecule has 2 rings (SSSR count). The van der Waals surface area contributed by atoms with Gasteiger partial charge in [-0.15, -0.1) is 0 Å². The molecule has 0 spiro atoms. The lowest BCUT2D eigenvalue weighted by Crippen LogP contribution is -2.32. The van der Waals surface area contributed by atoms with Gasteiger partial charge in [0.2, 0.25) is 5.91 Å². The number of hydrogen-bond acceptors (Lipinski definition) is 4. The molecule has 1 aromatic rings. The van der Waals surface area contributed by atoms with Gasteiger partial charge in [0.1, 0.15) is 0 Å². The maximum Gasteiger partial charge on any atom is 0.238 e. The molecule has 1 amide bonds. The van der Waals surface area contributed by atoms with Crippen LogP contribution in [0.1, 0.15) is 6.42 Å². The Labute approximate surface area is 111 Å². The van der Waals surface area contributed by atoms with Crippen molar-refractivity contribution in [1.82, 2.24) is 4.90 Å². The molecule has 0 aromatic heterocycles. The number of benzene rings is 1. The first-order chi connectivity index (χ1) is 8.54. The van der Waals surface area contributed by atoms with Gasteiger partial charge in [0.05, 0.1) is 23.4 Å². The summed E-state index contributed by atoms with van der Waals surface area (Å²) in [4.78, 5) is 13.7. The highest BCUT2D eigenvalue weighted by molar-refractivity contribution is 6.34. The maximum atomic E-state index is 11.8. The minimum Gasteiger partial charge on any atom is -0.399 e. The number of β-amino-alcohol motifs (C(OH)–C–C–N with tert-alkyl or cyclic N) is 1. The number of rotatable bonds is 3.